The Balaban J connectivity index is 2.17. The number of alkyl halides is 3. The first kappa shape index (κ1) is 15.9. The van der Waals surface area contributed by atoms with Crippen LogP contribution in [0.1, 0.15) is 25.7 Å². The van der Waals surface area contributed by atoms with Crippen molar-refractivity contribution < 1.29 is 17.9 Å². The van der Waals surface area contributed by atoms with Crippen LogP contribution in [-0.2, 0) is 0 Å². The molecule has 2 atom stereocenters. The van der Waals surface area contributed by atoms with Crippen LogP contribution in [0.25, 0.3) is 0 Å². The van der Waals surface area contributed by atoms with E-state index in [1.807, 2.05) is 6.07 Å². The van der Waals surface area contributed by atoms with Gasteiger partial charge in [0, 0.05) is 18.3 Å². The van der Waals surface area contributed by atoms with E-state index in [9.17, 15) is 13.2 Å². The molecular formula is C15H21F3N2O. The fourth-order valence-corrected chi connectivity index (χ4v) is 3.00. The molecule has 1 saturated carbocycles. The summed E-state index contributed by atoms with van der Waals surface area (Å²) < 4.78 is 44.1. The normalized spacial score (nSPS) is 26.4. The smallest absolute Gasteiger partial charge is 0.391 e. The number of anilines is 1. The molecule has 1 aliphatic rings. The van der Waals surface area contributed by atoms with Gasteiger partial charge in [-0.25, -0.2) is 0 Å². The molecule has 118 valence electrons. The third-order valence-corrected chi connectivity index (χ3v) is 4.18. The molecule has 0 radical (unpaired) electrons. The maximum Gasteiger partial charge on any atom is 0.391 e. The summed E-state index contributed by atoms with van der Waals surface area (Å²) in [6.07, 6.45) is -2.78. The Labute approximate surface area is 122 Å². The molecule has 0 spiro atoms. The summed E-state index contributed by atoms with van der Waals surface area (Å²) in [5, 5.41) is 3.22. The van der Waals surface area contributed by atoms with Crippen LogP contribution in [0.3, 0.4) is 0 Å². The molecule has 1 aromatic carbocycles. The quantitative estimate of drug-likeness (QED) is 0.894. The van der Waals surface area contributed by atoms with Crippen molar-refractivity contribution in [2.75, 3.05) is 19.0 Å². The van der Waals surface area contributed by atoms with Crippen molar-refractivity contribution in [3.05, 3.63) is 24.3 Å². The fourth-order valence-electron chi connectivity index (χ4n) is 3.00. The third kappa shape index (κ3) is 3.81. The molecular weight excluding hydrogens is 281 g/mol. The molecule has 0 saturated heterocycles. The second-order valence-corrected chi connectivity index (χ2v) is 5.68. The van der Waals surface area contributed by atoms with E-state index in [1.54, 1.807) is 25.3 Å². The first-order chi connectivity index (χ1) is 9.88. The summed E-state index contributed by atoms with van der Waals surface area (Å²) in [7, 11) is 1.55. The average molecular weight is 302 g/mol. The van der Waals surface area contributed by atoms with Crippen molar-refractivity contribution in [3.63, 3.8) is 0 Å². The van der Waals surface area contributed by atoms with Gasteiger partial charge in [-0.15, -0.1) is 0 Å². The SMILES string of the molecule is COc1cccc(NC2(CN)CCCC(C(F)(F)F)C2)c1. The van der Waals surface area contributed by atoms with E-state index in [0.717, 1.165) is 5.69 Å². The molecule has 6 heteroatoms. The minimum Gasteiger partial charge on any atom is -0.497 e. The number of ether oxygens (including phenoxy) is 1. The molecule has 0 aromatic heterocycles. The second kappa shape index (κ2) is 6.13. The highest BCUT2D eigenvalue weighted by molar-refractivity contribution is 5.50. The maximum absolute atomic E-state index is 13.0. The van der Waals surface area contributed by atoms with E-state index in [-0.39, 0.29) is 19.4 Å². The lowest BCUT2D eigenvalue weighted by Gasteiger charge is -2.42. The minimum atomic E-state index is -4.16. The first-order valence-electron chi connectivity index (χ1n) is 7.07. The Morgan fingerprint density at radius 1 is 1.43 bits per heavy atom. The Hall–Kier alpha value is -1.43. The van der Waals surface area contributed by atoms with Gasteiger partial charge in [0.05, 0.1) is 18.6 Å². The monoisotopic (exact) mass is 302 g/mol. The van der Waals surface area contributed by atoms with Crippen LogP contribution in [0.15, 0.2) is 24.3 Å². The van der Waals surface area contributed by atoms with Crippen LogP contribution in [0, 0.1) is 5.92 Å². The summed E-state index contributed by atoms with van der Waals surface area (Å²) >= 11 is 0. The van der Waals surface area contributed by atoms with Gasteiger partial charge in [-0.3, -0.25) is 0 Å². The summed E-state index contributed by atoms with van der Waals surface area (Å²) in [4.78, 5) is 0. The molecule has 3 nitrogen and oxygen atoms in total. The van der Waals surface area contributed by atoms with Gasteiger partial charge >= 0.3 is 6.18 Å². The predicted molar refractivity (Wildman–Crippen MR) is 76.4 cm³/mol. The molecule has 0 bridgehead atoms. The highest BCUT2D eigenvalue weighted by Crippen LogP contribution is 2.42. The zero-order valence-electron chi connectivity index (χ0n) is 12.0. The molecule has 2 rings (SSSR count). The van der Waals surface area contributed by atoms with Crippen LogP contribution in [0.4, 0.5) is 18.9 Å². The molecule has 1 fully saturated rings. The lowest BCUT2D eigenvalue weighted by Crippen LogP contribution is -2.51. The minimum absolute atomic E-state index is 0.0181. The largest absolute Gasteiger partial charge is 0.497 e. The van der Waals surface area contributed by atoms with Gasteiger partial charge in [0.1, 0.15) is 5.75 Å². The van der Waals surface area contributed by atoms with Crippen molar-refractivity contribution in [2.24, 2.45) is 11.7 Å². The Bertz CT molecular complexity index is 478. The molecule has 0 aliphatic heterocycles. The fraction of sp³-hybridized carbons (Fsp3) is 0.600. The van der Waals surface area contributed by atoms with E-state index >= 15 is 0 Å². The van der Waals surface area contributed by atoms with Gasteiger partial charge in [0.2, 0.25) is 0 Å². The Kier molecular flexibility index (Phi) is 4.66. The van der Waals surface area contributed by atoms with Gasteiger partial charge < -0.3 is 15.8 Å². The summed E-state index contributed by atoms with van der Waals surface area (Å²) in [5.74, 6) is -0.622. The number of rotatable bonds is 4. The maximum atomic E-state index is 13.0. The molecule has 1 aromatic rings. The van der Waals surface area contributed by atoms with Crippen LogP contribution in [-0.4, -0.2) is 25.4 Å². The average Bonchev–Trinajstić information content (AvgIpc) is 2.47. The summed E-state index contributed by atoms with van der Waals surface area (Å²) in [5.41, 5.74) is 5.84. The molecule has 2 unspecified atom stereocenters. The standard InChI is InChI=1S/C15H21F3N2O/c1-21-13-6-2-5-12(8-13)20-14(10-19)7-3-4-11(9-14)15(16,17)18/h2,5-6,8,11,20H,3-4,7,9-10,19H2,1H3. The number of nitrogens with one attached hydrogen (secondary N) is 1. The molecule has 3 N–H and O–H groups in total. The van der Waals surface area contributed by atoms with Gasteiger partial charge in [-0.05, 0) is 31.4 Å². The van der Waals surface area contributed by atoms with Gasteiger partial charge in [-0.1, -0.05) is 12.5 Å². The summed E-state index contributed by atoms with van der Waals surface area (Å²) in [6.45, 7) is 0.177. The topological polar surface area (TPSA) is 47.3 Å². The Morgan fingerprint density at radius 2 is 2.19 bits per heavy atom. The number of hydrogen-bond donors (Lipinski definition) is 2. The highest BCUT2D eigenvalue weighted by Gasteiger charge is 2.47. The third-order valence-electron chi connectivity index (χ3n) is 4.18. The van der Waals surface area contributed by atoms with Crippen molar-refractivity contribution >= 4 is 5.69 Å². The van der Waals surface area contributed by atoms with Gasteiger partial charge in [0.15, 0.2) is 0 Å². The van der Waals surface area contributed by atoms with E-state index in [4.69, 9.17) is 10.5 Å². The van der Waals surface area contributed by atoms with Gasteiger partial charge in [0.25, 0.3) is 0 Å². The van der Waals surface area contributed by atoms with Crippen molar-refractivity contribution in [1.82, 2.24) is 0 Å². The predicted octanol–water partition coefficient (Wildman–Crippen LogP) is 3.56. The Morgan fingerprint density at radius 3 is 2.81 bits per heavy atom. The summed E-state index contributed by atoms with van der Waals surface area (Å²) in [6, 6.07) is 7.18. The van der Waals surface area contributed by atoms with E-state index in [0.29, 0.717) is 18.6 Å². The zero-order chi connectivity index (χ0) is 15.5. The molecule has 1 aliphatic carbocycles. The van der Waals surface area contributed by atoms with E-state index in [1.165, 1.54) is 0 Å². The van der Waals surface area contributed by atoms with Crippen molar-refractivity contribution in [3.8, 4) is 5.75 Å². The van der Waals surface area contributed by atoms with Crippen molar-refractivity contribution in [1.29, 1.82) is 0 Å². The number of hydrogen-bond acceptors (Lipinski definition) is 3. The van der Waals surface area contributed by atoms with E-state index < -0.39 is 17.6 Å². The number of methoxy groups -OCH3 is 1. The lowest BCUT2D eigenvalue weighted by atomic mass is 9.75. The van der Waals surface area contributed by atoms with Crippen LogP contribution < -0.4 is 15.8 Å². The first-order valence-corrected chi connectivity index (χ1v) is 7.07. The van der Waals surface area contributed by atoms with Crippen molar-refractivity contribution in [2.45, 2.75) is 37.4 Å². The lowest BCUT2D eigenvalue weighted by molar-refractivity contribution is -0.185. The molecule has 21 heavy (non-hydrogen) atoms. The van der Waals surface area contributed by atoms with Crippen LogP contribution in [0.2, 0.25) is 0 Å². The highest BCUT2D eigenvalue weighted by atomic mass is 19.4. The molecule has 0 amide bonds. The van der Waals surface area contributed by atoms with E-state index in [2.05, 4.69) is 5.32 Å². The van der Waals surface area contributed by atoms with Gasteiger partial charge in [-0.2, -0.15) is 13.2 Å². The number of nitrogens with two attached hydrogens (primary N) is 1. The number of benzene rings is 1. The zero-order valence-corrected chi connectivity index (χ0v) is 12.0. The van der Waals surface area contributed by atoms with Crippen LogP contribution >= 0.6 is 0 Å². The second-order valence-electron chi connectivity index (χ2n) is 5.68. The van der Waals surface area contributed by atoms with Crippen LogP contribution in [0.5, 0.6) is 5.75 Å². The number of halogens is 3. The molecule has 0 heterocycles.